The number of amides is 1. The van der Waals surface area contributed by atoms with Gasteiger partial charge in [0.05, 0.1) is 5.41 Å². The second-order valence-corrected chi connectivity index (χ2v) is 5.19. The Morgan fingerprint density at radius 1 is 1.24 bits per heavy atom. The van der Waals surface area contributed by atoms with Crippen LogP contribution >= 0.6 is 0 Å². The van der Waals surface area contributed by atoms with Gasteiger partial charge in [-0.3, -0.25) is 4.79 Å². The van der Waals surface area contributed by atoms with Gasteiger partial charge in [0, 0.05) is 45.9 Å². The lowest BCUT2D eigenvalue weighted by molar-refractivity contribution is -0.148. The third-order valence-electron chi connectivity index (χ3n) is 4.08. The van der Waals surface area contributed by atoms with Crippen molar-refractivity contribution in [2.45, 2.75) is 12.8 Å². The molecular weight excluding hydrogens is 218 g/mol. The quantitative estimate of drug-likeness (QED) is 0.709. The number of piperazine rings is 1. The van der Waals surface area contributed by atoms with E-state index in [4.69, 9.17) is 10.5 Å². The summed E-state index contributed by atoms with van der Waals surface area (Å²) in [7, 11) is 2.09. The van der Waals surface area contributed by atoms with Crippen LogP contribution in [0.15, 0.2) is 0 Å². The largest absolute Gasteiger partial charge is 0.381 e. The Balaban J connectivity index is 2.01. The molecule has 2 aliphatic rings. The summed E-state index contributed by atoms with van der Waals surface area (Å²) in [5.41, 5.74) is 5.51. The summed E-state index contributed by atoms with van der Waals surface area (Å²) < 4.78 is 5.35. The van der Waals surface area contributed by atoms with E-state index < -0.39 is 0 Å². The first-order valence-electron chi connectivity index (χ1n) is 6.44. The summed E-state index contributed by atoms with van der Waals surface area (Å²) in [5, 5.41) is 0. The van der Waals surface area contributed by atoms with Crippen LogP contribution in [0.4, 0.5) is 0 Å². The molecule has 98 valence electrons. The molecule has 17 heavy (non-hydrogen) atoms. The highest BCUT2D eigenvalue weighted by atomic mass is 16.5. The van der Waals surface area contributed by atoms with Gasteiger partial charge in [0.15, 0.2) is 0 Å². The number of ether oxygens (including phenoxy) is 1. The smallest absolute Gasteiger partial charge is 0.230 e. The number of likely N-dealkylation sites (N-methyl/N-ethyl adjacent to an activating group) is 1. The second-order valence-electron chi connectivity index (χ2n) is 5.19. The molecule has 5 nitrogen and oxygen atoms in total. The predicted octanol–water partition coefficient (Wildman–Crippen LogP) is -0.484. The van der Waals surface area contributed by atoms with Crippen LogP contribution in [0, 0.1) is 5.41 Å². The van der Waals surface area contributed by atoms with Crippen molar-refractivity contribution in [1.29, 1.82) is 0 Å². The van der Waals surface area contributed by atoms with E-state index in [2.05, 4.69) is 11.9 Å². The predicted molar refractivity (Wildman–Crippen MR) is 65.6 cm³/mol. The van der Waals surface area contributed by atoms with Gasteiger partial charge in [0.1, 0.15) is 0 Å². The van der Waals surface area contributed by atoms with E-state index in [9.17, 15) is 4.79 Å². The van der Waals surface area contributed by atoms with Gasteiger partial charge < -0.3 is 20.3 Å². The molecule has 0 aromatic carbocycles. The maximum atomic E-state index is 12.6. The van der Waals surface area contributed by atoms with E-state index in [1.165, 1.54) is 0 Å². The molecule has 0 saturated carbocycles. The topological polar surface area (TPSA) is 58.8 Å². The minimum Gasteiger partial charge on any atom is -0.381 e. The van der Waals surface area contributed by atoms with Crippen molar-refractivity contribution in [2.75, 3.05) is 53.0 Å². The van der Waals surface area contributed by atoms with Gasteiger partial charge in [-0.25, -0.2) is 0 Å². The molecule has 2 saturated heterocycles. The number of hydrogen-bond donors (Lipinski definition) is 1. The van der Waals surface area contributed by atoms with Gasteiger partial charge >= 0.3 is 0 Å². The Morgan fingerprint density at radius 3 is 2.35 bits per heavy atom. The number of nitrogens with two attached hydrogens (primary N) is 1. The second kappa shape index (κ2) is 5.33. The summed E-state index contributed by atoms with van der Waals surface area (Å²) in [6, 6.07) is 0. The standard InChI is InChI=1S/C12H23N3O2/c1-14-4-6-15(7-5-14)11(16)12(10-13)2-8-17-9-3-12/h2-10,13H2,1H3. The number of carbonyl (C=O) groups is 1. The minimum absolute atomic E-state index is 0.247. The average molecular weight is 241 g/mol. The minimum atomic E-state index is -0.353. The fraction of sp³-hybridized carbons (Fsp3) is 0.917. The Morgan fingerprint density at radius 2 is 1.82 bits per heavy atom. The third-order valence-corrected chi connectivity index (χ3v) is 4.08. The van der Waals surface area contributed by atoms with Crippen LogP contribution in [0.1, 0.15) is 12.8 Å². The highest BCUT2D eigenvalue weighted by Crippen LogP contribution is 2.31. The molecule has 2 N–H and O–H groups in total. The Bertz CT molecular complexity index is 269. The molecule has 1 amide bonds. The van der Waals surface area contributed by atoms with E-state index in [0.717, 1.165) is 39.0 Å². The molecule has 0 aromatic rings. The number of hydrogen-bond acceptors (Lipinski definition) is 4. The van der Waals surface area contributed by atoms with Crippen molar-refractivity contribution in [3.8, 4) is 0 Å². The van der Waals surface area contributed by atoms with Crippen molar-refractivity contribution in [1.82, 2.24) is 9.80 Å². The van der Waals surface area contributed by atoms with Gasteiger partial charge in [0.2, 0.25) is 5.91 Å². The maximum Gasteiger partial charge on any atom is 0.230 e. The molecule has 0 spiro atoms. The SMILES string of the molecule is CN1CCN(C(=O)C2(CN)CCOCC2)CC1. The van der Waals surface area contributed by atoms with Crippen LogP contribution in [0.5, 0.6) is 0 Å². The van der Waals surface area contributed by atoms with Crippen molar-refractivity contribution in [2.24, 2.45) is 11.1 Å². The molecule has 2 fully saturated rings. The lowest BCUT2D eigenvalue weighted by Crippen LogP contribution is -2.55. The fourth-order valence-electron chi connectivity index (χ4n) is 2.61. The monoisotopic (exact) mass is 241 g/mol. The first kappa shape index (κ1) is 12.8. The van der Waals surface area contributed by atoms with E-state index in [0.29, 0.717) is 19.8 Å². The fourth-order valence-corrected chi connectivity index (χ4v) is 2.61. The van der Waals surface area contributed by atoms with Crippen molar-refractivity contribution < 1.29 is 9.53 Å². The summed E-state index contributed by atoms with van der Waals surface area (Å²) >= 11 is 0. The maximum absolute atomic E-state index is 12.6. The zero-order valence-corrected chi connectivity index (χ0v) is 10.7. The van der Waals surface area contributed by atoms with Gasteiger partial charge in [-0.15, -0.1) is 0 Å². The van der Waals surface area contributed by atoms with Gasteiger partial charge in [-0.05, 0) is 19.9 Å². The van der Waals surface area contributed by atoms with Crippen LogP contribution in [-0.4, -0.2) is 68.7 Å². The lowest BCUT2D eigenvalue weighted by Gasteiger charge is -2.41. The Labute approximate surface area is 103 Å². The average Bonchev–Trinajstić information content (AvgIpc) is 2.39. The number of carbonyl (C=O) groups excluding carboxylic acids is 1. The zero-order chi connectivity index (χ0) is 12.3. The molecule has 2 heterocycles. The van der Waals surface area contributed by atoms with Crippen molar-refractivity contribution >= 4 is 5.91 Å². The summed E-state index contributed by atoms with van der Waals surface area (Å²) in [5.74, 6) is 0.247. The first-order valence-corrected chi connectivity index (χ1v) is 6.44. The van der Waals surface area contributed by atoms with Crippen LogP contribution in [0.2, 0.25) is 0 Å². The summed E-state index contributed by atoms with van der Waals surface area (Å²) in [4.78, 5) is 16.8. The molecule has 0 atom stereocenters. The van der Waals surface area contributed by atoms with Crippen molar-refractivity contribution in [3.05, 3.63) is 0 Å². The van der Waals surface area contributed by atoms with E-state index in [1.807, 2.05) is 4.90 Å². The lowest BCUT2D eigenvalue weighted by atomic mass is 9.78. The van der Waals surface area contributed by atoms with E-state index in [-0.39, 0.29) is 11.3 Å². The van der Waals surface area contributed by atoms with Crippen LogP contribution in [-0.2, 0) is 9.53 Å². The summed E-state index contributed by atoms with van der Waals surface area (Å²) in [6.45, 7) is 5.36. The Kier molecular flexibility index (Phi) is 4.01. The number of rotatable bonds is 2. The first-order chi connectivity index (χ1) is 8.18. The highest BCUT2D eigenvalue weighted by molar-refractivity contribution is 5.83. The molecule has 0 unspecified atom stereocenters. The molecular formula is C12H23N3O2. The number of nitrogens with zero attached hydrogens (tertiary/aromatic N) is 2. The van der Waals surface area contributed by atoms with Crippen LogP contribution < -0.4 is 5.73 Å². The zero-order valence-electron chi connectivity index (χ0n) is 10.7. The van der Waals surface area contributed by atoms with Gasteiger partial charge in [0.25, 0.3) is 0 Å². The molecule has 0 aliphatic carbocycles. The molecule has 2 aliphatic heterocycles. The normalized spacial score (nSPS) is 25.9. The molecule has 0 radical (unpaired) electrons. The molecule has 2 rings (SSSR count). The van der Waals surface area contributed by atoms with Gasteiger partial charge in [-0.1, -0.05) is 0 Å². The Hall–Kier alpha value is -0.650. The van der Waals surface area contributed by atoms with Crippen LogP contribution in [0.3, 0.4) is 0 Å². The van der Waals surface area contributed by atoms with Crippen LogP contribution in [0.25, 0.3) is 0 Å². The molecule has 0 aromatic heterocycles. The van der Waals surface area contributed by atoms with Crippen molar-refractivity contribution in [3.63, 3.8) is 0 Å². The summed E-state index contributed by atoms with van der Waals surface area (Å²) in [6.07, 6.45) is 1.54. The highest BCUT2D eigenvalue weighted by Gasteiger charge is 2.41. The van der Waals surface area contributed by atoms with E-state index >= 15 is 0 Å². The third kappa shape index (κ3) is 2.61. The molecule has 0 bridgehead atoms. The van der Waals surface area contributed by atoms with Gasteiger partial charge in [-0.2, -0.15) is 0 Å². The molecule has 5 heteroatoms. The van der Waals surface area contributed by atoms with E-state index in [1.54, 1.807) is 0 Å².